The molecule has 0 spiro atoms. The maximum Gasteiger partial charge on any atom is 0.315 e. The van der Waals surface area contributed by atoms with E-state index in [1.807, 2.05) is 39.0 Å². The predicted molar refractivity (Wildman–Crippen MR) is 82.3 cm³/mol. The van der Waals surface area contributed by atoms with E-state index in [0.717, 1.165) is 11.3 Å². The molecule has 5 heteroatoms. The third kappa shape index (κ3) is 5.45. The van der Waals surface area contributed by atoms with Crippen LogP contribution < -0.4 is 4.74 Å². The van der Waals surface area contributed by atoms with Crippen molar-refractivity contribution in [2.45, 2.75) is 40.2 Å². The van der Waals surface area contributed by atoms with Gasteiger partial charge < -0.3 is 14.2 Å². The molecule has 0 atom stereocenters. The largest absolute Gasteiger partial charge is 0.496 e. The quantitative estimate of drug-likeness (QED) is 0.458. The van der Waals surface area contributed by atoms with Crippen molar-refractivity contribution in [2.75, 3.05) is 13.7 Å². The number of esters is 1. The predicted octanol–water partition coefficient (Wildman–Crippen LogP) is 3.41. The zero-order chi connectivity index (χ0) is 15.8. The summed E-state index contributed by atoms with van der Waals surface area (Å²) in [5, 5.41) is 0. The number of benzene rings is 1. The highest BCUT2D eigenvalue weighted by molar-refractivity contribution is 5.95. The second-order valence-electron chi connectivity index (χ2n) is 4.76. The average Bonchev–Trinajstić information content (AvgIpc) is 2.40. The second-order valence-corrected chi connectivity index (χ2v) is 4.76. The minimum absolute atomic E-state index is 0.0165. The first-order valence-electron chi connectivity index (χ1n) is 7.01. The van der Waals surface area contributed by atoms with Gasteiger partial charge in [-0.3, -0.25) is 4.79 Å². The van der Waals surface area contributed by atoms with E-state index < -0.39 is 0 Å². The van der Waals surface area contributed by atoms with Gasteiger partial charge in [-0.15, -0.1) is 0 Å². The standard InChI is InChI=1S/C16H23NO4/c1-6-20-16(18)10-15(21-11(2)3)17-13-8-7-9-14(19-5)12(13)4/h7-9,11H,6,10H2,1-5H3. The molecule has 0 saturated carbocycles. The molecule has 0 aromatic heterocycles. The Bertz CT molecular complexity index is 509. The van der Waals surface area contributed by atoms with Crippen molar-refractivity contribution in [3.8, 4) is 5.75 Å². The summed E-state index contributed by atoms with van der Waals surface area (Å²) in [5.41, 5.74) is 1.61. The van der Waals surface area contributed by atoms with Crippen LogP contribution in [0.25, 0.3) is 0 Å². The molecule has 0 radical (unpaired) electrons. The Kier molecular flexibility index (Phi) is 6.72. The van der Waals surface area contributed by atoms with Crippen LogP contribution in [0.2, 0.25) is 0 Å². The summed E-state index contributed by atoms with van der Waals surface area (Å²) in [6, 6.07) is 5.57. The van der Waals surface area contributed by atoms with Gasteiger partial charge in [0.05, 0.1) is 25.5 Å². The first kappa shape index (κ1) is 17.0. The topological polar surface area (TPSA) is 57.1 Å². The Morgan fingerprint density at radius 3 is 2.62 bits per heavy atom. The fourth-order valence-electron chi connectivity index (χ4n) is 1.79. The maximum atomic E-state index is 11.6. The molecule has 1 aromatic rings. The van der Waals surface area contributed by atoms with Gasteiger partial charge in [-0.1, -0.05) is 6.07 Å². The molecule has 0 amide bonds. The van der Waals surface area contributed by atoms with E-state index in [-0.39, 0.29) is 18.5 Å². The van der Waals surface area contributed by atoms with Crippen LogP contribution in [0.3, 0.4) is 0 Å². The zero-order valence-corrected chi connectivity index (χ0v) is 13.3. The van der Waals surface area contributed by atoms with Gasteiger partial charge >= 0.3 is 5.97 Å². The van der Waals surface area contributed by atoms with Gasteiger partial charge in [0.2, 0.25) is 0 Å². The molecular formula is C16H23NO4. The van der Waals surface area contributed by atoms with Gasteiger partial charge in [-0.2, -0.15) is 0 Å². The number of hydrogen-bond donors (Lipinski definition) is 0. The lowest BCUT2D eigenvalue weighted by Gasteiger charge is -2.13. The van der Waals surface area contributed by atoms with E-state index in [1.54, 1.807) is 14.0 Å². The summed E-state index contributed by atoms with van der Waals surface area (Å²) in [7, 11) is 1.61. The highest BCUT2D eigenvalue weighted by Crippen LogP contribution is 2.27. The molecule has 21 heavy (non-hydrogen) atoms. The molecule has 0 heterocycles. The highest BCUT2D eigenvalue weighted by atomic mass is 16.5. The number of rotatable bonds is 6. The van der Waals surface area contributed by atoms with Gasteiger partial charge in [0.25, 0.3) is 0 Å². The number of aliphatic imine (C=N–C) groups is 1. The summed E-state index contributed by atoms with van der Waals surface area (Å²) < 4.78 is 15.8. The third-order valence-corrected chi connectivity index (χ3v) is 2.69. The van der Waals surface area contributed by atoms with Crippen molar-refractivity contribution in [3.63, 3.8) is 0 Å². The number of carbonyl (C=O) groups is 1. The Labute approximate surface area is 125 Å². The van der Waals surface area contributed by atoms with Gasteiger partial charge in [-0.05, 0) is 39.8 Å². The van der Waals surface area contributed by atoms with Crippen molar-refractivity contribution in [2.24, 2.45) is 4.99 Å². The number of hydrogen-bond acceptors (Lipinski definition) is 5. The van der Waals surface area contributed by atoms with E-state index in [1.165, 1.54) is 0 Å². The Morgan fingerprint density at radius 1 is 1.33 bits per heavy atom. The fourth-order valence-corrected chi connectivity index (χ4v) is 1.79. The lowest BCUT2D eigenvalue weighted by atomic mass is 10.2. The smallest absolute Gasteiger partial charge is 0.315 e. The van der Waals surface area contributed by atoms with Crippen LogP contribution >= 0.6 is 0 Å². The highest BCUT2D eigenvalue weighted by Gasteiger charge is 2.13. The monoisotopic (exact) mass is 293 g/mol. The van der Waals surface area contributed by atoms with Gasteiger partial charge in [-0.25, -0.2) is 4.99 Å². The van der Waals surface area contributed by atoms with Crippen LogP contribution in [-0.2, 0) is 14.3 Å². The number of ether oxygens (including phenoxy) is 3. The number of carbonyl (C=O) groups excluding carboxylic acids is 1. The molecule has 1 aromatic carbocycles. The minimum atomic E-state index is -0.350. The Balaban J connectivity index is 3.04. The van der Waals surface area contributed by atoms with E-state index >= 15 is 0 Å². The molecule has 0 bridgehead atoms. The first-order chi connectivity index (χ1) is 9.97. The molecule has 0 aliphatic rings. The second kappa shape index (κ2) is 8.29. The summed E-state index contributed by atoms with van der Waals surface area (Å²) in [5.74, 6) is 0.744. The van der Waals surface area contributed by atoms with Gasteiger partial charge in [0.1, 0.15) is 12.2 Å². The molecule has 0 aliphatic heterocycles. The first-order valence-corrected chi connectivity index (χ1v) is 7.01. The molecule has 0 N–H and O–H groups in total. The summed E-state index contributed by atoms with van der Waals surface area (Å²) in [6.45, 7) is 7.80. The molecule has 116 valence electrons. The maximum absolute atomic E-state index is 11.6. The van der Waals surface area contributed by atoms with Crippen molar-refractivity contribution in [1.82, 2.24) is 0 Å². The Hall–Kier alpha value is -2.04. The Morgan fingerprint density at radius 2 is 2.05 bits per heavy atom. The molecular weight excluding hydrogens is 270 g/mol. The van der Waals surface area contributed by atoms with E-state index in [4.69, 9.17) is 14.2 Å². The number of nitrogens with zero attached hydrogens (tertiary/aromatic N) is 1. The van der Waals surface area contributed by atoms with E-state index in [2.05, 4.69) is 4.99 Å². The van der Waals surface area contributed by atoms with Crippen LogP contribution in [-0.4, -0.2) is 31.7 Å². The normalized spacial score (nSPS) is 11.4. The van der Waals surface area contributed by atoms with Crippen molar-refractivity contribution < 1.29 is 19.0 Å². The molecule has 1 rings (SSSR count). The molecule has 0 aliphatic carbocycles. The van der Waals surface area contributed by atoms with Crippen LogP contribution in [0.5, 0.6) is 5.75 Å². The minimum Gasteiger partial charge on any atom is -0.496 e. The third-order valence-electron chi connectivity index (χ3n) is 2.69. The lowest BCUT2D eigenvalue weighted by molar-refractivity contribution is -0.141. The molecule has 0 fully saturated rings. The molecule has 0 saturated heterocycles. The van der Waals surface area contributed by atoms with Crippen molar-refractivity contribution in [1.29, 1.82) is 0 Å². The summed E-state index contributed by atoms with van der Waals surface area (Å²) >= 11 is 0. The fraction of sp³-hybridized carbons (Fsp3) is 0.500. The van der Waals surface area contributed by atoms with Crippen molar-refractivity contribution in [3.05, 3.63) is 23.8 Å². The molecule has 0 unspecified atom stereocenters. The lowest BCUT2D eigenvalue weighted by Crippen LogP contribution is -2.17. The van der Waals surface area contributed by atoms with E-state index in [9.17, 15) is 4.79 Å². The van der Waals surface area contributed by atoms with E-state index in [0.29, 0.717) is 18.2 Å². The summed E-state index contributed by atoms with van der Waals surface area (Å²) in [4.78, 5) is 16.1. The average molecular weight is 293 g/mol. The van der Waals surface area contributed by atoms with Crippen LogP contribution in [0.1, 0.15) is 32.8 Å². The molecule has 5 nitrogen and oxygen atoms in total. The SMILES string of the molecule is CCOC(=O)CC(=Nc1cccc(OC)c1C)OC(C)C. The van der Waals surface area contributed by atoms with Gasteiger partial charge in [0, 0.05) is 5.56 Å². The van der Waals surface area contributed by atoms with Crippen molar-refractivity contribution >= 4 is 17.6 Å². The van der Waals surface area contributed by atoms with Crippen LogP contribution in [0.4, 0.5) is 5.69 Å². The van der Waals surface area contributed by atoms with Crippen LogP contribution in [0, 0.1) is 6.92 Å². The van der Waals surface area contributed by atoms with Crippen LogP contribution in [0.15, 0.2) is 23.2 Å². The summed E-state index contributed by atoms with van der Waals surface area (Å²) in [6.07, 6.45) is -0.0491. The van der Waals surface area contributed by atoms with Gasteiger partial charge in [0.15, 0.2) is 5.90 Å². The zero-order valence-electron chi connectivity index (χ0n) is 13.3. The number of methoxy groups -OCH3 is 1.